The number of rotatable bonds is 3. The third-order valence-electron chi connectivity index (χ3n) is 2.75. The molecule has 0 aliphatic carbocycles. The Morgan fingerprint density at radius 1 is 1.25 bits per heavy atom. The standard InChI is InChI=1S/C13H13ClN6/c1-7-12(17-8(2)18-13(7)20-16)19-11-4-3-9(6-15)5-10(11)14/h3-5H,16H2,1-2H3,(H2,17,18,19,20). The largest absolute Gasteiger partial charge is 0.339 e. The van der Waals surface area contributed by atoms with Crippen LogP contribution >= 0.6 is 11.6 Å². The molecule has 1 aromatic carbocycles. The van der Waals surface area contributed by atoms with Crippen LogP contribution in [0.25, 0.3) is 0 Å². The molecule has 0 saturated heterocycles. The number of hydrogen-bond acceptors (Lipinski definition) is 6. The lowest BCUT2D eigenvalue weighted by molar-refractivity contribution is 1.03. The van der Waals surface area contributed by atoms with Gasteiger partial charge in [-0.05, 0) is 32.0 Å². The fourth-order valence-electron chi connectivity index (χ4n) is 1.70. The van der Waals surface area contributed by atoms with E-state index in [4.69, 9.17) is 22.7 Å². The Hall–Kier alpha value is -2.36. The summed E-state index contributed by atoms with van der Waals surface area (Å²) in [5.74, 6) is 7.15. The van der Waals surface area contributed by atoms with Gasteiger partial charge in [-0.25, -0.2) is 15.8 Å². The van der Waals surface area contributed by atoms with E-state index in [-0.39, 0.29) is 0 Å². The van der Waals surface area contributed by atoms with Gasteiger partial charge in [0.15, 0.2) is 0 Å². The Balaban J connectivity index is 2.40. The Morgan fingerprint density at radius 2 is 1.95 bits per heavy atom. The average molecular weight is 289 g/mol. The van der Waals surface area contributed by atoms with Gasteiger partial charge in [0.1, 0.15) is 17.5 Å². The monoisotopic (exact) mass is 288 g/mol. The molecule has 6 nitrogen and oxygen atoms in total. The molecular formula is C13H13ClN6. The van der Waals surface area contributed by atoms with Crippen LogP contribution in [0.4, 0.5) is 17.3 Å². The molecule has 1 heterocycles. The van der Waals surface area contributed by atoms with Crippen molar-refractivity contribution in [2.24, 2.45) is 5.84 Å². The van der Waals surface area contributed by atoms with Crippen LogP contribution in [0.5, 0.6) is 0 Å². The minimum Gasteiger partial charge on any atom is -0.339 e. The van der Waals surface area contributed by atoms with Gasteiger partial charge in [0, 0.05) is 5.56 Å². The van der Waals surface area contributed by atoms with E-state index in [9.17, 15) is 0 Å². The molecule has 0 atom stereocenters. The van der Waals surface area contributed by atoms with Gasteiger partial charge in [-0.2, -0.15) is 5.26 Å². The highest BCUT2D eigenvalue weighted by Gasteiger charge is 2.10. The van der Waals surface area contributed by atoms with Crippen LogP contribution in [0.1, 0.15) is 17.0 Å². The van der Waals surface area contributed by atoms with E-state index in [0.29, 0.717) is 33.7 Å². The maximum atomic E-state index is 8.82. The highest BCUT2D eigenvalue weighted by Crippen LogP contribution is 2.28. The number of nitrogens with one attached hydrogen (secondary N) is 2. The maximum absolute atomic E-state index is 8.82. The van der Waals surface area contributed by atoms with Gasteiger partial charge in [0.2, 0.25) is 0 Å². The zero-order valence-corrected chi connectivity index (χ0v) is 11.8. The molecule has 0 radical (unpaired) electrons. The zero-order chi connectivity index (χ0) is 14.7. The highest BCUT2D eigenvalue weighted by molar-refractivity contribution is 6.33. The third kappa shape index (κ3) is 2.79. The molecule has 102 valence electrons. The summed E-state index contributed by atoms with van der Waals surface area (Å²) in [5.41, 5.74) is 4.47. The number of nitrogen functional groups attached to an aromatic ring is 1. The van der Waals surface area contributed by atoms with Gasteiger partial charge in [0.05, 0.1) is 22.3 Å². The van der Waals surface area contributed by atoms with Crippen LogP contribution in [-0.4, -0.2) is 9.97 Å². The van der Waals surface area contributed by atoms with Crippen LogP contribution < -0.4 is 16.6 Å². The summed E-state index contributed by atoms with van der Waals surface area (Å²) in [6.45, 7) is 3.61. The van der Waals surface area contributed by atoms with E-state index in [1.54, 1.807) is 25.1 Å². The molecule has 2 aromatic rings. The first-order chi connectivity index (χ1) is 9.55. The lowest BCUT2D eigenvalue weighted by Gasteiger charge is -2.13. The summed E-state index contributed by atoms with van der Waals surface area (Å²) >= 11 is 6.13. The number of aromatic nitrogens is 2. The van der Waals surface area contributed by atoms with Crippen molar-refractivity contribution in [3.63, 3.8) is 0 Å². The molecule has 20 heavy (non-hydrogen) atoms. The number of hydrogen-bond donors (Lipinski definition) is 3. The molecule has 4 N–H and O–H groups in total. The summed E-state index contributed by atoms with van der Waals surface area (Å²) in [6.07, 6.45) is 0. The molecule has 1 aromatic heterocycles. The molecule has 2 rings (SSSR count). The molecule has 0 unspecified atom stereocenters. The Labute approximate surface area is 121 Å². The van der Waals surface area contributed by atoms with E-state index in [1.165, 1.54) is 0 Å². The normalized spacial score (nSPS) is 9.95. The maximum Gasteiger partial charge on any atom is 0.148 e. The smallest absolute Gasteiger partial charge is 0.148 e. The molecule has 0 amide bonds. The van der Waals surface area contributed by atoms with Crippen molar-refractivity contribution in [3.05, 3.63) is 40.2 Å². The number of halogens is 1. The molecule has 0 fully saturated rings. The first kappa shape index (κ1) is 14.1. The lowest BCUT2D eigenvalue weighted by atomic mass is 10.2. The molecule has 0 saturated carbocycles. The third-order valence-corrected chi connectivity index (χ3v) is 3.06. The van der Waals surface area contributed by atoms with Crippen molar-refractivity contribution in [1.82, 2.24) is 9.97 Å². The van der Waals surface area contributed by atoms with Crippen molar-refractivity contribution in [2.75, 3.05) is 10.7 Å². The minimum absolute atomic E-state index is 0.446. The fraction of sp³-hybridized carbons (Fsp3) is 0.154. The number of benzene rings is 1. The fourth-order valence-corrected chi connectivity index (χ4v) is 1.93. The second-order valence-corrected chi connectivity index (χ2v) is 4.58. The van der Waals surface area contributed by atoms with Crippen LogP contribution in [0.15, 0.2) is 18.2 Å². The quantitative estimate of drug-likeness (QED) is 0.593. The van der Waals surface area contributed by atoms with Gasteiger partial charge in [-0.1, -0.05) is 11.6 Å². The predicted molar refractivity (Wildman–Crippen MR) is 78.8 cm³/mol. The zero-order valence-electron chi connectivity index (χ0n) is 11.0. The molecule has 0 aliphatic heterocycles. The van der Waals surface area contributed by atoms with Crippen molar-refractivity contribution in [3.8, 4) is 6.07 Å². The summed E-state index contributed by atoms with van der Waals surface area (Å²) in [5, 5.41) is 12.4. The first-order valence-corrected chi connectivity index (χ1v) is 6.21. The summed E-state index contributed by atoms with van der Waals surface area (Å²) < 4.78 is 0. The van der Waals surface area contributed by atoms with Gasteiger partial charge in [-0.3, -0.25) is 0 Å². The number of hydrazine groups is 1. The Bertz CT molecular complexity index is 692. The van der Waals surface area contributed by atoms with E-state index >= 15 is 0 Å². The molecule has 0 spiro atoms. The van der Waals surface area contributed by atoms with E-state index in [1.807, 2.05) is 13.0 Å². The van der Waals surface area contributed by atoms with E-state index in [2.05, 4.69) is 20.7 Å². The molecular weight excluding hydrogens is 276 g/mol. The topological polar surface area (TPSA) is 99.6 Å². The number of nitrogens with zero attached hydrogens (tertiary/aromatic N) is 3. The summed E-state index contributed by atoms with van der Waals surface area (Å²) in [6, 6.07) is 7.04. The van der Waals surface area contributed by atoms with E-state index in [0.717, 1.165) is 5.56 Å². The Morgan fingerprint density at radius 3 is 2.55 bits per heavy atom. The van der Waals surface area contributed by atoms with Gasteiger partial charge < -0.3 is 10.7 Å². The van der Waals surface area contributed by atoms with Crippen LogP contribution in [0.2, 0.25) is 5.02 Å². The number of anilines is 3. The highest BCUT2D eigenvalue weighted by atomic mass is 35.5. The minimum atomic E-state index is 0.446. The van der Waals surface area contributed by atoms with Crippen LogP contribution in [0, 0.1) is 25.2 Å². The van der Waals surface area contributed by atoms with Crippen molar-refractivity contribution < 1.29 is 0 Å². The molecule has 0 bridgehead atoms. The van der Waals surface area contributed by atoms with Gasteiger partial charge in [-0.15, -0.1) is 0 Å². The molecule has 7 heteroatoms. The summed E-state index contributed by atoms with van der Waals surface area (Å²) in [4.78, 5) is 8.50. The summed E-state index contributed by atoms with van der Waals surface area (Å²) in [7, 11) is 0. The number of nitrogens with two attached hydrogens (primary N) is 1. The van der Waals surface area contributed by atoms with Crippen LogP contribution in [0.3, 0.4) is 0 Å². The number of aryl methyl sites for hydroxylation is 1. The number of nitriles is 1. The van der Waals surface area contributed by atoms with Gasteiger partial charge in [0.25, 0.3) is 0 Å². The predicted octanol–water partition coefficient (Wildman–Crippen LogP) is 2.65. The second kappa shape index (κ2) is 5.74. The van der Waals surface area contributed by atoms with Crippen LogP contribution in [-0.2, 0) is 0 Å². The Kier molecular flexibility index (Phi) is 4.03. The van der Waals surface area contributed by atoms with Gasteiger partial charge >= 0.3 is 0 Å². The SMILES string of the molecule is Cc1nc(NN)c(C)c(Nc2ccc(C#N)cc2Cl)n1. The molecule has 0 aliphatic rings. The average Bonchev–Trinajstić information content (AvgIpc) is 2.44. The van der Waals surface area contributed by atoms with Crippen molar-refractivity contribution in [2.45, 2.75) is 13.8 Å². The van der Waals surface area contributed by atoms with Crippen molar-refractivity contribution >= 4 is 28.9 Å². The lowest BCUT2D eigenvalue weighted by Crippen LogP contribution is -2.13. The second-order valence-electron chi connectivity index (χ2n) is 4.17. The van der Waals surface area contributed by atoms with Crippen molar-refractivity contribution in [1.29, 1.82) is 5.26 Å². The first-order valence-electron chi connectivity index (χ1n) is 5.83. The van der Waals surface area contributed by atoms with E-state index < -0.39 is 0 Å².